The number of rotatable bonds is 7. The molecule has 2 atom stereocenters. The third kappa shape index (κ3) is 4.61. The van der Waals surface area contributed by atoms with E-state index >= 15 is 0 Å². The van der Waals surface area contributed by atoms with Gasteiger partial charge in [0.1, 0.15) is 0 Å². The van der Waals surface area contributed by atoms with Crippen molar-refractivity contribution >= 4 is 10.0 Å². The Balaban J connectivity index is 1.87. The van der Waals surface area contributed by atoms with Crippen molar-refractivity contribution in [1.82, 2.24) is 9.21 Å². The summed E-state index contributed by atoms with van der Waals surface area (Å²) in [5, 5.41) is 0. The Hall–Kier alpha value is -0.950. The molecular weight excluding hydrogens is 336 g/mol. The molecule has 0 amide bonds. The lowest BCUT2D eigenvalue weighted by molar-refractivity contribution is -0.0542. The molecular formula is C19H30N2O3S. The minimum Gasteiger partial charge on any atom is -0.373 e. The maximum Gasteiger partial charge on any atom is 0.214 e. The van der Waals surface area contributed by atoms with Gasteiger partial charge >= 0.3 is 0 Å². The molecule has 0 bridgehead atoms. The van der Waals surface area contributed by atoms with Gasteiger partial charge in [-0.15, -0.1) is 0 Å². The van der Waals surface area contributed by atoms with Crippen LogP contribution < -0.4 is 0 Å². The molecule has 2 saturated heterocycles. The van der Waals surface area contributed by atoms with E-state index in [1.165, 1.54) is 12.8 Å². The number of likely N-dealkylation sites (tertiary alicyclic amines) is 1. The summed E-state index contributed by atoms with van der Waals surface area (Å²) < 4.78 is 33.7. The molecule has 140 valence electrons. The zero-order valence-corrected chi connectivity index (χ0v) is 16.0. The van der Waals surface area contributed by atoms with Gasteiger partial charge < -0.3 is 9.64 Å². The molecule has 25 heavy (non-hydrogen) atoms. The summed E-state index contributed by atoms with van der Waals surface area (Å²) in [6.45, 7) is 5.93. The molecule has 5 nitrogen and oxygen atoms in total. The average Bonchev–Trinajstić information content (AvgIpc) is 3.13. The number of ether oxygens (including phenoxy) is 1. The monoisotopic (exact) mass is 366 g/mol. The summed E-state index contributed by atoms with van der Waals surface area (Å²) in [5.41, 5.74) is 1.03. The van der Waals surface area contributed by atoms with Crippen molar-refractivity contribution < 1.29 is 13.2 Å². The van der Waals surface area contributed by atoms with Gasteiger partial charge in [-0.2, -0.15) is 4.31 Å². The van der Waals surface area contributed by atoms with Crippen molar-refractivity contribution in [1.29, 1.82) is 0 Å². The number of benzene rings is 1. The van der Waals surface area contributed by atoms with Crippen LogP contribution in [-0.2, 0) is 14.8 Å². The van der Waals surface area contributed by atoms with E-state index in [9.17, 15) is 8.42 Å². The van der Waals surface area contributed by atoms with E-state index in [2.05, 4.69) is 4.90 Å². The highest BCUT2D eigenvalue weighted by Gasteiger charge is 2.40. The first-order valence-corrected chi connectivity index (χ1v) is 11.1. The second kappa shape index (κ2) is 8.62. The number of unbranched alkanes of at least 4 members (excludes halogenated alkanes) is 1. The van der Waals surface area contributed by atoms with Gasteiger partial charge in [0.05, 0.1) is 24.5 Å². The first-order valence-electron chi connectivity index (χ1n) is 9.50. The minimum atomic E-state index is -3.27. The summed E-state index contributed by atoms with van der Waals surface area (Å²) in [5.74, 6) is 0.225. The third-order valence-corrected chi connectivity index (χ3v) is 7.13. The predicted octanol–water partition coefficient (Wildman–Crippen LogP) is 2.65. The summed E-state index contributed by atoms with van der Waals surface area (Å²) in [4.78, 5) is 2.41. The van der Waals surface area contributed by atoms with Gasteiger partial charge in [-0.25, -0.2) is 8.42 Å². The second-order valence-electron chi connectivity index (χ2n) is 7.05. The fraction of sp³-hybridized carbons (Fsp3) is 0.684. The smallest absolute Gasteiger partial charge is 0.214 e. The van der Waals surface area contributed by atoms with Crippen LogP contribution in [0.2, 0.25) is 0 Å². The summed E-state index contributed by atoms with van der Waals surface area (Å²) >= 11 is 0. The quantitative estimate of drug-likeness (QED) is 0.744. The van der Waals surface area contributed by atoms with Crippen LogP contribution in [0.5, 0.6) is 0 Å². The average molecular weight is 367 g/mol. The van der Waals surface area contributed by atoms with Crippen LogP contribution in [0.3, 0.4) is 0 Å². The minimum absolute atomic E-state index is 0.106. The van der Waals surface area contributed by atoms with E-state index < -0.39 is 10.0 Å². The molecule has 0 radical (unpaired) electrons. The lowest BCUT2D eigenvalue weighted by Gasteiger charge is -2.42. The van der Waals surface area contributed by atoms with E-state index in [1.54, 1.807) is 4.31 Å². The molecule has 3 rings (SSSR count). The Bertz CT molecular complexity index is 629. The SMILES string of the molecule is CCCCS(=O)(=O)N1CCO[C@@H](CN2CCCC2)[C@@H]1c1ccccc1. The van der Waals surface area contributed by atoms with Crippen molar-refractivity contribution in [2.24, 2.45) is 0 Å². The highest BCUT2D eigenvalue weighted by atomic mass is 32.2. The molecule has 0 unspecified atom stereocenters. The molecule has 1 aromatic rings. The van der Waals surface area contributed by atoms with Crippen LogP contribution in [0.15, 0.2) is 30.3 Å². The molecule has 2 heterocycles. The van der Waals surface area contributed by atoms with E-state index in [-0.39, 0.29) is 17.9 Å². The summed E-state index contributed by atoms with van der Waals surface area (Å²) in [6.07, 6.45) is 3.93. The standard InChI is InChI=1S/C19H30N2O3S/c1-2-3-15-25(22,23)21-13-14-24-18(16-20-11-7-8-12-20)19(21)17-9-5-4-6-10-17/h4-6,9-10,18-19H,2-3,7-8,11-16H2,1H3/t18-,19-/m0/s1. The molecule has 0 saturated carbocycles. The van der Waals surface area contributed by atoms with E-state index in [0.29, 0.717) is 19.6 Å². The second-order valence-corrected chi connectivity index (χ2v) is 9.09. The van der Waals surface area contributed by atoms with Gasteiger partial charge in [0, 0.05) is 13.1 Å². The van der Waals surface area contributed by atoms with Gasteiger partial charge in [0.15, 0.2) is 0 Å². The third-order valence-electron chi connectivity index (χ3n) is 5.20. The van der Waals surface area contributed by atoms with E-state index in [4.69, 9.17) is 4.74 Å². The molecule has 0 aliphatic carbocycles. The Morgan fingerprint density at radius 3 is 2.52 bits per heavy atom. The molecule has 1 aromatic carbocycles. The Labute approximate surface area is 152 Å². The highest BCUT2D eigenvalue weighted by Crippen LogP contribution is 2.33. The zero-order chi connectivity index (χ0) is 17.7. The lowest BCUT2D eigenvalue weighted by Crippen LogP contribution is -2.52. The fourth-order valence-corrected chi connectivity index (χ4v) is 5.71. The lowest BCUT2D eigenvalue weighted by atomic mass is 9.99. The van der Waals surface area contributed by atoms with Crippen LogP contribution in [0, 0.1) is 0 Å². The van der Waals surface area contributed by atoms with Crippen LogP contribution in [0.1, 0.15) is 44.2 Å². The van der Waals surface area contributed by atoms with Crippen LogP contribution in [-0.4, -0.2) is 62.3 Å². The van der Waals surface area contributed by atoms with Crippen LogP contribution >= 0.6 is 0 Å². The maximum absolute atomic E-state index is 13.0. The van der Waals surface area contributed by atoms with Crippen molar-refractivity contribution in [3.05, 3.63) is 35.9 Å². The number of hydrogen-bond acceptors (Lipinski definition) is 4. The first kappa shape index (κ1) is 18.8. The van der Waals surface area contributed by atoms with Crippen molar-refractivity contribution in [2.75, 3.05) is 38.5 Å². The van der Waals surface area contributed by atoms with Gasteiger partial charge in [0.25, 0.3) is 0 Å². The highest BCUT2D eigenvalue weighted by molar-refractivity contribution is 7.89. The Morgan fingerprint density at radius 1 is 1.12 bits per heavy atom. The molecule has 6 heteroatoms. The molecule has 0 aromatic heterocycles. The van der Waals surface area contributed by atoms with Gasteiger partial charge in [0.2, 0.25) is 10.0 Å². The van der Waals surface area contributed by atoms with Crippen molar-refractivity contribution in [3.8, 4) is 0 Å². The van der Waals surface area contributed by atoms with Gasteiger partial charge in [-0.1, -0.05) is 43.7 Å². The number of sulfonamides is 1. The fourth-order valence-electron chi connectivity index (χ4n) is 3.87. The summed E-state index contributed by atoms with van der Waals surface area (Å²) in [6, 6.07) is 9.76. The van der Waals surface area contributed by atoms with Crippen LogP contribution in [0.4, 0.5) is 0 Å². The number of morpholine rings is 1. The van der Waals surface area contributed by atoms with Crippen molar-refractivity contribution in [2.45, 2.75) is 44.8 Å². The van der Waals surface area contributed by atoms with Crippen molar-refractivity contribution in [3.63, 3.8) is 0 Å². The molecule has 0 N–H and O–H groups in total. The molecule has 2 aliphatic rings. The number of nitrogens with zero attached hydrogens (tertiary/aromatic N) is 2. The predicted molar refractivity (Wildman–Crippen MR) is 100.0 cm³/mol. The molecule has 0 spiro atoms. The van der Waals surface area contributed by atoms with Gasteiger partial charge in [-0.3, -0.25) is 0 Å². The zero-order valence-electron chi connectivity index (χ0n) is 15.1. The topological polar surface area (TPSA) is 49.9 Å². The molecule has 2 aliphatic heterocycles. The Kier molecular flexibility index (Phi) is 6.49. The number of hydrogen-bond donors (Lipinski definition) is 0. The van der Waals surface area contributed by atoms with Crippen LogP contribution in [0.25, 0.3) is 0 Å². The summed E-state index contributed by atoms with van der Waals surface area (Å²) in [7, 11) is -3.27. The van der Waals surface area contributed by atoms with Gasteiger partial charge in [-0.05, 0) is 37.9 Å². The maximum atomic E-state index is 13.0. The normalized spacial score (nSPS) is 26.1. The van der Waals surface area contributed by atoms with E-state index in [0.717, 1.165) is 31.6 Å². The Morgan fingerprint density at radius 2 is 1.84 bits per heavy atom. The first-order chi connectivity index (χ1) is 12.1. The largest absolute Gasteiger partial charge is 0.373 e. The van der Waals surface area contributed by atoms with E-state index in [1.807, 2.05) is 37.3 Å². The molecule has 2 fully saturated rings.